The summed E-state index contributed by atoms with van der Waals surface area (Å²) in [5.41, 5.74) is 5.21. The molecule has 0 radical (unpaired) electrons. The third-order valence-electron chi connectivity index (χ3n) is 10.3. The fourth-order valence-electron chi connectivity index (χ4n) is 8.55. The van der Waals surface area contributed by atoms with Crippen molar-refractivity contribution in [1.82, 2.24) is 14.9 Å². The van der Waals surface area contributed by atoms with Crippen molar-refractivity contribution in [3.8, 4) is 0 Å². The molecule has 3 aliphatic carbocycles. The van der Waals surface area contributed by atoms with Gasteiger partial charge in [-0.05, 0) is 94.5 Å². The Labute approximate surface area is 225 Å². The standard InChI is InChI=1S/C32H39N3O3/c1-19(2)37-29-26(35(4)5)16-31-12-13-32(38-31)22(15-24(31)28(29)36)10-11-30(3)23(7-9-27(30)32)20-6-8-25-21(14-20)17-33-18-34-25/h6-8,10,14-15,17-19,26-29,36H,9,11-13,16H2,1-5H3. The molecule has 7 atom stereocenters. The number of hydrogen-bond donors (Lipinski definition) is 1. The van der Waals surface area contributed by atoms with E-state index in [1.165, 1.54) is 16.7 Å². The second-order valence-corrected chi connectivity index (χ2v) is 12.9. The molecule has 1 aromatic heterocycles. The van der Waals surface area contributed by atoms with Crippen molar-refractivity contribution < 1.29 is 14.6 Å². The molecule has 2 aliphatic heterocycles. The first-order valence-corrected chi connectivity index (χ1v) is 14.2. The number of aromatic nitrogens is 2. The van der Waals surface area contributed by atoms with Gasteiger partial charge in [0.1, 0.15) is 18.5 Å². The Morgan fingerprint density at radius 3 is 2.82 bits per heavy atom. The van der Waals surface area contributed by atoms with Crippen LogP contribution in [0.5, 0.6) is 0 Å². The smallest absolute Gasteiger partial charge is 0.116 e. The minimum absolute atomic E-state index is 0.0127. The third-order valence-corrected chi connectivity index (χ3v) is 10.3. The molecule has 7 rings (SSSR count). The van der Waals surface area contributed by atoms with Crippen molar-refractivity contribution in [3.05, 3.63) is 65.7 Å². The van der Waals surface area contributed by atoms with Gasteiger partial charge in [0.15, 0.2) is 0 Å². The minimum atomic E-state index is -0.666. The van der Waals surface area contributed by atoms with E-state index in [-0.39, 0.29) is 29.3 Å². The highest BCUT2D eigenvalue weighted by Crippen LogP contribution is 2.67. The molecule has 2 spiro atoms. The Bertz CT molecular complexity index is 1400. The number of aliphatic hydroxyl groups excluding tert-OH is 1. The first kappa shape index (κ1) is 24.6. The SMILES string of the molecule is CC(C)OC1C(O)C2=CC3=CCC4(C)C(c5ccc6ncncc6c5)=CCC4C34CCC2(CC1N(C)C)O4. The number of fused-ring (bicyclic) bond motifs is 2. The Kier molecular flexibility index (Phi) is 5.39. The maximum atomic E-state index is 11.7. The highest BCUT2D eigenvalue weighted by molar-refractivity contribution is 5.84. The number of nitrogens with zero attached hydrogens (tertiary/aromatic N) is 3. The average molecular weight is 514 g/mol. The van der Waals surface area contributed by atoms with Crippen molar-refractivity contribution in [2.45, 2.75) is 88.4 Å². The van der Waals surface area contributed by atoms with Crippen molar-refractivity contribution >= 4 is 16.5 Å². The summed E-state index contributed by atoms with van der Waals surface area (Å²) < 4.78 is 13.7. The molecular formula is C32H39N3O3. The highest BCUT2D eigenvalue weighted by atomic mass is 16.5. The quantitative estimate of drug-likeness (QED) is 0.615. The zero-order valence-corrected chi connectivity index (χ0v) is 23.1. The monoisotopic (exact) mass is 513 g/mol. The summed E-state index contributed by atoms with van der Waals surface area (Å²) in [6.45, 7) is 6.53. The average Bonchev–Trinajstić information content (AvgIpc) is 3.40. The van der Waals surface area contributed by atoms with Crippen LogP contribution in [-0.4, -0.2) is 69.6 Å². The van der Waals surface area contributed by atoms with Gasteiger partial charge in [-0.1, -0.05) is 31.2 Å². The van der Waals surface area contributed by atoms with E-state index in [0.717, 1.165) is 48.6 Å². The molecule has 2 aromatic rings. The van der Waals surface area contributed by atoms with Crippen molar-refractivity contribution in [2.24, 2.45) is 11.3 Å². The van der Waals surface area contributed by atoms with E-state index in [9.17, 15) is 5.11 Å². The van der Waals surface area contributed by atoms with Gasteiger partial charge in [-0.2, -0.15) is 0 Å². The van der Waals surface area contributed by atoms with Crippen LogP contribution in [0.15, 0.2) is 60.1 Å². The number of aliphatic hydroxyl groups is 1. The van der Waals surface area contributed by atoms with Crippen LogP contribution in [0.2, 0.25) is 0 Å². The molecule has 200 valence electrons. The van der Waals surface area contributed by atoms with Crippen LogP contribution < -0.4 is 0 Å². The maximum absolute atomic E-state index is 11.7. The molecule has 1 aromatic carbocycles. The van der Waals surface area contributed by atoms with E-state index in [2.05, 4.69) is 72.3 Å². The molecular weight excluding hydrogens is 474 g/mol. The van der Waals surface area contributed by atoms with E-state index in [0.29, 0.717) is 5.92 Å². The number of hydrogen-bond acceptors (Lipinski definition) is 6. The van der Waals surface area contributed by atoms with E-state index in [1.807, 2.05) is 20.0 Å². The van der Waals surface area contributed by atoms with Gasteiger partial charge in [0.05, 0.1) is 22.8 Å². The topological polar surface area (TPSA) is 67.7 Å². The predicted molar refractivity (Wildman–Crippen MR) is 148 cm³/mol. The van der Waals surface area contributed by atoms with Crippen LogP contribution in [0.1, 0.15) is 58.4 Å². The van der Waals surface area contributed by atoms with Gasteiger partial charge in [0.2, 0.25) is 0 Å². The molecule has 6 heteroatoms. The lowest BCUT2D eigenvalue weighted by Gasteiger charge is -2.56. The summed E-state index contributed by atoms with van der Waals surface area (Å²) >= 11 is 0. The molecule has 38 heavy (non-hydrogen) atoms. The second-order valence-electron chi connectivity index (χ2n) is 12.9. The van der Waals surface area contributed by atoms with Crippen molar-refractivity contribution in [2.75, 3.05) is 14.1 Å². The lowest BCUT2D eigenvalue weighted by Crippen LogP contribution is -2.62. The second kappa shape index (κ2) is 8.31. The predicted octanol–water partition coefficient (Wildman–Crippen LogP) is 5.09. The number of rotatable bonds is 4. The molecule has 1 saturated carbocycles. The van der Waals surface area contributed by atoms with Crippen LogP contribution in [0.25, 0.3) is 16.5 Å². The van der Waals surface area contributed by atoms with Gasteiger partial charge in [0, 0.05) is 29.0 Å². The number of allylic oxidation sites excluding steroid dienone is 3. The van der Waals surface area contributed by atoms with Crippen molar-refractivity contribution in [3.63, 3.8) is 0 Å². The summed E-state index contributed by atoms with van der Waals surface area (Å²) in [6.07, 6.45) is 14.6. The summed E-state index contributed by atoms with van der Waals surface area (Å²) in [5.74, 6) is 0.365. The number of likely N-dealkylation sites (N-methyl/N-ethyl adjacent to an activating group) is 1. The highest BCUT2D eigenvalue weighted by Gasteiger charge is 2.67. The van der Waals surface area contributed by atoms with E-state index < -0.39 is 11.7 Å². The van der Waals surface area contributed by atoms with Gasteiger partial charge in [0.25, 0.3) is 0 Å². The number of ether oxygens (including phenoxy) is 2. The van der Waals surface area contributed by atoms with Gasteiger partial charge < -0.3 is 19.5 Å². The normalized spacial score (nSPS) is 39.5. The van der Waals surface area contributed by atoms with Gasteiger partial charge >= 0.3 is 0 Å². The first-order valence-electron chi connectivity index (χ1n) is 14.2. The van der Waals surface area contributed by atoms with Crippen LogP contribution in [0.3, 0.4) is 0 Å². The van der Waals surface area contributed by atoms with Crippen LogP contribution >= 0.6 is 0 Å². The lowest BCUT2D eigenvalue weighted by atomic mass is 9.58. The Morgan fingerprint density at radius 2 is 2.03 bits per heavy atom. The molecule has 2 fully saturated rings. The molecule has 1 saturated heterocycles. The summed E-state index contributed by atoms with van der Waals surface area (Å²) in [5, 5.41) is 12.8. The lowest BCUT2D eigenvalue weighted by molar-refractivity contribution is -0.176. The minimum Gasteiger partial charge on any atom is -0.386 e. The van der Waals surface area contributed by atoms with Crippen molar-refractivity contribution in [1.29, 1.82) is 0 Å². The summed E-state index contributed by atoms with van der Waals surface area (Å²) in [7, 11) is 4.19. The summed E-state index contributed by atoms with van der Waals surface area (Å²) in [6, 6.07) is 6.67. The fourth-order valence-corrected chi connectivity index (χ4v) is 8.55. The third kappa shape index (κ3) is 3.27. The molecule has 1 N–H and O–H groups in total. The molecule has 3 heterocycles. The number of benzene rings is 1. The maximum Gasteiger partial charge on any atom is 0.116 e. The zero-order valence-electron chi connectivity index (χ0n) is 23.1. The molecule has 6 nitrogen and oxygen atoms in total. The molecule has 7 unspecified atom stereocenters. The Balaban J connectivity index is 1.28. The van der Waals surface area contributed by atoms with Crippen LogP contribution in [-0.2, 0) is 9.47 Å². The Hall–Kier alpha value is -2.38. The van der Waals surface area contributed by atoms with E-state index in [1.54, 1.807) is 6.33 Å². The van der Waals surface area contributed by atoms with Crippen LogP contribution in [0.4, 0.5) is 0 Å². The van der Waals surface area contributed by atoms with Gasteiger partial charge in [-0.25, -0.2) is 9.97 Å². The van der Waals surface area contributed by atoms with Gasteiger partial charge in [-0.15, -0.1) is 0 Å². The summed E-state index contributed by atoms with van der Waals surface area (Å²) in [4.78, 5) is 10.9. The molecule has 2 bridgehead atoms. The Morgan fingerprint density at radius 1 is 1.18 bits per heavy atom. The molecule has 5 aliphatic rings. The first-order chi connectivity index (χ1) is 18.2. The van der Waals surface area contributed by atoms with Crippen LogP contribution in [0, 0.1) is 11.3 Å². The van der Waals surface area contributed by atoms with E-state index in [4.69, 9.17) is 9.47 Å². The molecule has 0 amide bonds. The fraction of sp³-hybridized carbons (Fsp3) is 0.562. The van der Waals surface area contributed by atoms with E-state index >= 15 is 0 Å². The zero-order chi connectivity index (χ0) is 26.4. The van der Waals surface area contributed by atoms with Gasteiger partial charge in [-0.3, -0.25) is 0 Å². The largest absolute Gasteiger partial charge is 0.386 e.